The van der Waals surface area contributed by atoms with E-state index in [1.165, 1.54) is 32.1 Å². The van der Waals surface area contributed by atoms with Crippen LogP contribution in [0, 0.1) is 17.8 Å². The van der Waals surface area contributed by atoms with Gasteiger partial charge in [-0.1, -0.05) is 12.8 Å². The molecule has 14 heavy (non-hydrogen) atoms. The van der Waals surface area contributed by atoms with E-state index in [1.807, 2.05) is 0 Å². The molecule has 2 saturated carbocycles. The molecule has 0 bridgehead atoms. The van der Waals surface area contributed by atoms with E-state index in [-0.39, 0.29) is 0 Å². The van der Waals surface area contributed by atoms with E-state index >= 15 is 0 Å². The fourth-order valence-corrected chi connectivity index (χ4v) is 3.56. The molecule has 2 N–H and O–H groups in total. The lowest BCUT2D eigenvalue weighted by Crippen LogP contribution is -2.44. The van der Waals surface area contributed by atoms with Crippen molar-refractivity contribution in [2.45, 2.75) is 51.0 Å². The van der Waals surface area contributed by atoms with Crippen LogP contribution in [-0.2, 0) is 4.79 Å². The van der Waals surface area contributed by atoms with Gasteiger partial charge in [0, 0.05) is 12.5 Å². The zero-order valence-electron chi connectivity index (χ0n) is 8.82. The summed E-state index contributed by atoms with van der Waals surface area (Å²) in [7, 11) is 0. The van der Waals surface area contributed by atoms with Crippen molar-refractivity contribution in [2.75, 3.05) is 0 Å². The smallest absolute Gasteiger partial charge is 0.120 e. The van der Waals surface area contributed by atoms with Crippen LogP contribution in [0.4, 0.5) is 0 Å². The number of hydrogen-bond donors (Lipinski definition) is 1. The van der Waals surface area contributed by atoms with Crippen LogP contribution in [0.15, 0.2) is 0 Å². The number of hydrogen-bond acceptors (Lipinski definition) is 2. The first-order valence-electron chi connectivity index (χ1n) is 6.02. The summed E-state index contributed by atoms with van der Waals surface area (Å²) in [6.45, 7) is 0. The van der Waals surface area contributed by atoms with Gasteiger partial charge in [0.1, 0.15) is 6.29 Å². The quantitative estimate of drug-likeness (QED) is 0.686. The third kappa shape index (κ3) is 1.85. The largest absolute Gasteiger partial charge is 0.327 e. The Balaban J connectivity index is 2.04. The van der Waals surface area contributed by atoms with Crippen molar-refractivity contribution in [3.63, 3.8) is 0 Å². The highest BCUT2D eigenvalue weighted by molar-refractivity contribution is 5.49. The Morgan fingerprint density at radius 2 is 1.79 bits per heavy atom. The van der Waals surface area contributed by atoms with Crippen molar-refractivity contribution in [1.82, 2.24) is 0 Å². The minimum absolute atomic E-state index is 0.420. The molecular weight excluding hydrogens is 174 g/mol. The van der Waals surface area contributed by atoms with Crippen LogP contribution in [0.2, 0.25) is 0 Å². The van der Waals surface area contributed by atoms with Crippen LogP contribution in [0.5, 0.6) is 0 Å². The predicted octanol–water partition coefficient (Wildman–Crippen LogP) is 2.12. The fourth-order valence-electron chi connectivity index (χ4n) is 3.56. The number of carbonyl (C=O) groups excluding carboxylic acids is 1. The molecule has 0 aromatic rings. The second-order valence-corrected chi connectivity index (χ2v) is 5.02. The number of carbonyl (C=O) groups is 1. The number of aldehydes is 1. The number of rotatable bonds is 2. The number of fused-ring (bicyclic) bond motifs is 1. The summed E-state index contributed by atoms with van der Waals surface area (Å²) >= 11 is 0. The first-order valence-corrected chi connectivity index (χ1v) is 6.02. The fraction of sp³-hybridized carbons (Fsp3) is 0.917. The van der Waals surface area contributed by atoms with Crippen LogP contribution < -0.4 is 5.73 Å². The Morgan fingerprint density at radius 1 is 1.07 bits per heavy atom. The lowest BCUT2D eigenvalue weighted by atomic mass is 9.63. The van der Waals surface area contributed by atoms with Gasteiger partial charge in [-0.3, -0.25) is 0 Å². The van der Waals surface area contributed by atoms with E-state index in [0.717, 1.165) is 31.0 Å². The third-order valence-electron chi connectivity index (χ3n) is 4.30. The van der Waals surface area contributed by atoms with Crippen molar-refractivity contribution < 1.29 is 4.79 Å². The average Bonchev–Trinajstić information content (AvgIpc) is 2.23. The Hall–Kier alpha value is -0.370. The van der Waals surface area contributed by atoms with Gasteiger partial charge in [0.2, 0.25) is 0 Å². The summed E-state index contributed by atoms with van der Waals surface area (Å²) in [5.41, 5.74) is 6.16. The maximum atomic E-state index is 10.6. The predicted molar refractivity (Wildman–Crippen MR) is 56.8 cm³/mol. The molecule has 0 amide bonds. The summed E-state index contributed by atoms with van der Waals surface area (Å²) < 4.78 is 0. The lowest BCUT2D eigenvalue weighted by molar-refractivity contribution is -0.109. The van der Waals surface area contributed by atoms with Crippen molar-refractivity contribution in [3.05, 3.63) is 0 Å². The first-order chi connectivity index (χ1) is 6.83. The molecule has 4 atom stereocenters. The van der Waals surface area contributed by atoms with E-state index in [4.69, 9.17) is 5.73 Å². The Kier molecular flexibility index (Phi) is 3.22. The van der Waals surface area contributed by atoms with E-state index < -0.39 is 0 Å². The minimum atomic E-state index is 0.420. The number of nitrogens with two attached hydrogens (primary N) is 1. The van der Waals surface area contributed by atoms with E-state index in [2.05, 4.69) is 0 Å². The molecule has 0 aromatic heterocycles. The summed E-state index contributed by atoms with van der Waals surface area (Å²) in [5, 5.41) is 0. The molecule has 2 fully saturated rings. The van der Waals surface area contributed by atoms with Gasteiger partial charge in [0.15, 0.2) is 0 Å². The molecule has 4 unspecified atom stereocenters. The molecule has 2 aliphatic rings. The molecule has 0 aliphatic heterocycles. The molecule has 2 nitrogen and oxygen atoms in total. The van der Waals surface area contributed by atoms with Crippen LogP contribution in [-0.4, -0.2) is 12.3 Å². The Bertz CT molecular complexity index is 204. The summed E-state index contributed by atoms with van der Waals surface area (Å²) in [5.74, 6) is 2.14. The van der Waals surface area contributed by atoms with Gasteiger partial charge in [0.25, 0.3) is 0 Å². The van der Waals surface area contributed by atoms with Gasteiger partial charge in [0.05, 0.1) is 0 Å². The van der Waals surface area contributed by atoms with Gasteiger partial charge in [-0.25, -0.2) is 0 Å². The topological polar surface area (TPSA) is 43.1 Å². The maximum absolute atomic E-state index is 10.6. The van der Waals surface area contributed by atoms with Crippen LogP contribution >= 0.6 is 0 Å². The molecule has 2 aliphatic carbocycles. The molecular formula is C12H21NO. The molecule has 0 heterocycles. The molecule has 0 spiro atoms. The highest BCUT2D eigenvalue weighted by atomic mass is 16.1. The molecule has 2 heteroatoms. The van der Waals surface area contributed by atoms with Gasteiger partial charge >= 0.3 is 0 Å². The summed E-state index contributed by atoms with van der Waals surface area (Å²) in [4.78, 5) is 10.6. The molecule has 80 valence electrons. The van der Waals surface area contributed by atoms with E-state index in [0.29, 0.717) is 12.0 Å². The second kappa shape index (κ2) is 4.43. The average molecular weight is 195 g/mol. The van der Waals surface area contributed by atoms with Crippen molar-refractivity contribution in [2.24, 2.45) is 23.5 Å². The van der Waals surface area contributed by atoms with Crippen molar-refractivity contribution in [3.8, 4) is 0 Å². The van der Waals surface area contributed by atoms with Crippen molar-refractivity contribution >= 4 is 6.29 Å². The minimum Gasteiger partial charge on any atom is -0.327 e. The van der Waals surface area contributed by atoms with E-state index in [1.54, 1.807) is 0 Å². The first kappa shape index (κ1) is 10.2. The van der Waals surface area contributed by atoms with Gasteiger partial charge in [-0.05, 0) is 43.4 Å². The Morgan fingerprint density at radius 3 is 2.50 bits per heavy atom. The summed E-state index contributed by atoms with van der Waals surface area (Å²) in [6.07, 6.45) is 9.52. The maximum Gasteiger partial charge on any atom is 0.120 e. The lowest BCUT2D eigenvalue weighted by Gasteiger charge is -2.44. The highest BCUT2D eigenvalue weighted by Crippen LogP contribution is 2.44. The van der Waals surface area contributed by atoms with Gasteiger partial charge < -0.3 is 10.5 Å². The van der Waals surface area contributed by atoms with E-state index in [9.17, 15) is 4.79 Å². The molecule has 0 aromatic carbocycles. The Labute approximate surface area is 86.2 Å². The SMILES string of the molecule is NC1CCC(CC=O)C2CCCCC12. The normalized spacial score (nSPS) is 42.9. The van der Waals surface area contributed by atoms with Gasteiger partial charge in [-0.15, -0.1) is 0 Å². The van der Waals surface area contributed by atoms with Crippen LogP contribution in [0.3, 0.4) is 0 Å². The molecule has 0 radical (unpaired) electrons. The monoisotopic (exact) mass is 195 g/mol. The zero-order chi connectivity index (χ0) is 9.97. The second-order valence-electron chi connectivity index (χ2n) is 5.02. The third-order valence-corrected chi connectivity index (χ3v) is 4.30. The molecule has 0 saturated heterocycles. The van der Waals surface area contributed by atoms with Gasteiger partial charge in [-0.2, -0.15) is 0 Å². The van der Waals surface area contributed by atoms with Crippen molar-refractivity contribution in [1.29, 1.82) is 0 Å². The standard InChI is InChI=1S/C12H21NO/c13-12-6-5-9(7-8-14)10-3-1-2-4-11(10)12/h8-12H,1-7,13H2. The highest BCUT2D eigenvalue weighted by Gasteiger charge is 2.38. The van der Waals surface area contributed by atoms with Crippen LogP contribution in [0.25, 0.3) is 0 Å². The summed E-state index contributed by atoms with van der Waals surface area (Å²) in [6, 6.07) is 0.420. The van der Waals surface area contributed by atoms with Crippen LogP contribution in [0.1, 0.15) is 44.9 Å². The zero-order valence-corrected chi connectivity index (χ0v) is 8.82. The molecule has 2 rings (SSSR count).